The molecule has 3 rings (SSSR count). The smallest absolute Gasteiger partial charge is 0.255 e. The first kappa shape index (κ1) is 20.4. The Balaban J connectivity index is 1.89. The van der Waals surface area contributed by atoms with E-state index in [2.05, 4.69) is 10.0 Å². The van der Waals surface area contributed by atoms with Crippen LogP contribution in [0.1, 0.15) is 10.4 Å². The van der Waals surface area contributed by atoms with E-state index in [-0.39, 0.29) is 16.2 Å². The highest BCUT2D eigenvalue weighted by atomic mass is 32.2. The first-order chi connectivity index (χ1) is 13.9. The lowest BCUT2D eigenvalue weighted by Crippen LogP contribution is -2.20. The Bertz CT molecular complexity index is 1110. The molecule has 0 aromatic heterocycles. The largest absolute Gasteiger partial charge is 0.495 e. The highest BCUT2D eigenvalue weighted by Gasteiger charge is 2.20. The first-order valence-electron chi connectivity index (χ1n) is 8.69. The van der Waals surface area contributed by atoms with Crippen molar-refractivity contribution < 1.29 is 22.7 Å². The minimum Gasteiger partial charge on any atom is -0.495 e. The Morgan fingerprint density at radius 1 is 0.897 bits per heavy atom. The van der Waals surface area contributed by atoms with Crippen LogP contribution >= 0.6 is 0 Å². The van der Waals surface area contributed by atoms with Gasteiger partial charge in [-0.25, -0.2) is 13.1 Å². The lowest BCUT2D eigenvalue weighted by molar-refractivity contribution is 0.102. The van der Waals surface area contributed by atoms with Crippen molar-refractivity contribution in [2.75, 3.05) is 19.5 Å². The molecule has 150 valence electrons. The molecule has 0 atom stereocenters. The topological polar surface area (TPSA) is 93.7 Å². The molecule has 7 nitrogen and oxygen atoms in total. The van der Waals surface area contributed by atoms with E-state index in [1.54, 1.807) is 36.4 Å². The van der Waals surface area contributed by atoms with Gasteiger partial charge in [0.2, 0.25) is 10.0 Å². The molecule has 0 bridgehead atoms. The molecule has 0 aliphatic carbocycles. The van der Waals surface area contributed by atoms with Crippen LogP contribution in [0.25, 0.3) is 0 Å². The molecule has 3 aromatic carbocycles. The number of hydrogen-bond acceptors (Lipinski definition) is 5. The molecule has 0 aliphatic heterocycles. The molecule has 0 fully saturated rings. The number of carbonyl (C=O) groups is 1. The maximum absolute atomic E-state index is 12.8. The summed E-state index contributed by atoms with van der Waals surface area (Å²) in [5.74, 6) is 0.748. The molecule has 8 heteroatoms. The van der Waals surface area contributed by atoms with Crippen LogP contribution in [-0.4, -0.2) is 28.5 Å². The van der Waals surface area contributed by atoms with Gasteiger partial charge in [0.1, 0.15) is 16.4 Å². The summed E-state index contributed by atoms with van der Waals surface area (Å²) >= 11 is 0. The van der Waals surface area contributed by atoms with Crippen LogP contribution in [0, 0.1) is 0 Å². The molecular weight excluding hydrogens is 392 g/mol. The van der Waals surface area contributed by atoms with Crippen molar-refractivity contribution in [2.24, 2.45) is 0 Å². The summed E-state index contributed by atoms with van der Waals surface area (Å²) in [7, 11) is -1.15. The number of sulfonamides is 1. The van der Waals surface area contributed by atoms with Crippen LogP contribution in [0.15, 0.2) is 77.7 Å². The lowest BCUT2D eigenvalue weighted by Gasteiger charge is -2.13. The predicted octanol–water partition coefficient (Wildman–Crippen LogP) is 3.65. The zero-order valence-corrected chi connectivity index (χ0v) is 16.7. The fraction of sp³-hybridized carbons (Fsp3) is 0.0952. The summed E-state index contributed by atoms with van der Waals surface area (Å²) in [6.07, 6.45) is 0. The van der Waals surface area contributed by atoms with E-state index >= 15 is 0 Å². The van der Waals surface area contributed by atoms with E-state index in [1.165, 1.54) is 32.4 Å². The van der Waals surface area contributed by atoms with Gasteiger partial charge in [0, 0.05) is 5.56 Å². The van der Waals surface area contributed by atoms with Crippen LogP contribution in [-0.2, 0) is 10.0 Å². The number of amides is 1. The van der Waals surface area contributed by atoms with Crippen molar-refractivity contribution in [1.82, 2.24) is 4.72 Å². The first-order valence-corrected chi connectivity index (χ1v) is 10.2. The van der Waals surface area contributed by atoms with E-state index in [1.807, 2.05) is 18.2 Å². The van der Waals surface area contributed by atoms with Crippen molar-refractivity contribution in [3.05, 3.63) is 78.4 Å². The molecule has 0 saturated heterocycles. The van der Waals surface area contributed by atoms with Crippen LogP contribution < -0.4 is 19.5 Å². The molecule has 0 spiro atoms. The second-order valence-corrected chi connectivity index (χ2v) is 7.79. The van der Waals surface area contributed by atoms with Gasteiger partial charge in [0.25, 0.3) is 5.91 Å². The van der Waals surface area contributed by atoms with Crippen molar-refractivity contribution in [3.63, 3.8) is 0 Å². The van der Waals surface area contributed by atoms with Gasteiger partial charge in [-0.05, 0) is 49.5 Å². The summed E-state index contributed by atoms with van der Waals surface area (Å²) in [5, 5.41) is 2.76. The summed E-state index contributed by atoms with van der Waals surface area (Å²) < 4.78 is 37.6. The third-order valence-electron chi connectivity index (χ3n) is 4.09. The van der Waals surface area contributed by atoms with E-state index in [0.29, 0.717) is 17.2 Å². The maximum atomic E-state index is 12.8. The zero-order valence-electron chi connectivity index (χ0n) is 15.9. The SMILES string of the molecule is CNS(=O)(=O)c1cc(C(=O)Nc2ccccc2Oc2ccccc2)ccc1OC. The summed E-state index contributed by atoms with van der Waals surface area (Å²) in [4.78, 5) is 12.6. The third kappa shape index (κ3) is 4.74. The number of carbonyl (C=O) groups excluding carboxylic acids is 1. The molecule has 1 amide bonds. The second-order valence-electron chi connectivity index (χ2n) is 5.94. The number of hydrogen-bond donors (Lipinski definition) is 2. The average molecular weight is 412 g/mol. The zero-order chi connectivity index (χ0) is 20.9. The van der Waals surface area contributed by atoms with Crippen molar-refractivity contribution in [2.45, 2.75) is 4.90 Å². The second kappa shape index (κ2) is 8.76. The maximum Gasteiger partial charge on any atom is 0.255 e. The van der Waals surface area contributed by atoms with Gasteiger partial charge < -0.3 is 14.8 Å². The summed E-state index contributed by atoms with van der Waals surface area (Å²) in [5.41, 5.74) is 0.615. The normalized spacial score (nSPS) is 11.0. The molecule has 2 N–H and O–H groups in total. The Morgan fingerprint density at radius 3 is 2.28 bits per heavy atom. The van der Waals surface area contributed by atoms with Crippen molar-refractivity contribution >= 4 is 21.6 Å². The van der Waals surface area contributed by atoms with Gasteiger partial charge in [-0.3, -0.25) is 4.79 Å². The fourth-order valence-corrected chi connectivity index (χ4v) is 3.53. The Morgan fingerprint density at radius 2 is 1.59 bits per heavy atom. The van der Waals surface area contributed by atoms with Crippen LogP contribution in [0.2, 0.25) is 0 Å². The van der Waals surface area contributed by atoms with Gasteiger partial charge in [-0.2, -0.15) is 0 Å². The number of para-hydroxylation sites is 3. The molecule has 0 radical (unpaired) electrons. The van der Waals surface area contributed by atoms with Gasteiger partial charge in [0.05, 0.1) is 12.8 Å². The minimum absolute atomic E-state index is 0.121. The Labute approximate surface area is 169 Å². The van der Waals surface area contributed by atoms with Gasteiger partial charge in [-0.15, -0.1) is 0 Å². The summed E-state index contributed by atoms with van der Waals surface area (Å²) in [6.45, 7) is 0. The number of ether oxygens (including phenoxy) is 2. The van der Waals surface area contributed by atoms with Crippen LogP contribution in [0.5, 0.6) is 17.2 Å². The highest BCUT2D eigenvalue weighted by Crippen LogP contribution is 2.30. The summed E-state index contributed by atoms with van der Waals surface area (Å²) in [6, 6.07) is 20.3. The standard InChI is InChI=1S/C21H20N2O5S/c1-22-29(25,26)20-14-15(12-13-19(20)27-2)21(24)23-17-10-6-7-11-18(17)28-16-8-4-3-5-9-16/h3-14,22H,1-2H3,(H,23,24). The number of rotatable bonds is 7. The molecular formula is C21H20N2O5S. The van der Waals surface area contributed by atoms with Crippen molar-refractivity contribution in [1.29, 1.82) is 0 Å². The minimum atomic E-state index is -3.80. The number of anilines is 1. The molecule has 29 heavy (non-hydrogen) atoms. The Kier molecular flexibility index (Phi) is 6.16. The monoisotopic (exact) mass is 412 g/mol. The molecule has 0 saturated carbocycles. The molecule has 0 heterocycles. The van der Waals surface area contributed by atoms with Crippen molar-refractivity contribution in [3.8, 4) is 17.2 Å². The highest BCUT2D eigenvalue weighted by molar-refractivity contribution is 7.89. The van der Waals surface area contributed by atoms with Gasteiger partial charge in [0.15, 0.2) is 5.75 Å². The van der Waals surface area contributed by atoms with Crippen LogP contribution in [0.3, 0.4) is 0 Å². The molecule has 0 unspecified atom stereocenters. The average Bonchev–Trinajstić information content (AvgIpc) is 2.75. The molecule has 3 aromatic rings. The van der Waals surface area contributed by atoms with E-state index in [9.17, 15) is 13.2 Å². The number of methoxy groups -OCH3 is 1. The van der Waals surface area contributed by atoms with E-state index in [0.717, 1.165) is 0 Å². The van der Waals surface area contributed by atoms with E-state index in [4.69, 9.17) is 9.47 Å². The predicted molar refractivity (Wildman–Crippen MR) is 110 cm³/mol. The molecule has 0 aliphatic rings. The fourth-order valence-electron chi connectivity index (χ4n) is 2.61. The quantitative estimate of drug-likeness (QED) is 0.618. The number of nitrogens with one attached hydrogen (secondary N) is 2. The van der Waals surface area contributed by atoms with Gasteiger partial charge >= 0.3 is 0 Å². The lowest BCUT2D eigenvalue weighted by atomic mass is 10.2. The number of benzene rings is 3. The van der Waals surface area contributed by atoms with E-state index < -0.39 is 15.9 Å². The van der Waals surface area contributed by atoms with Gasteiger partial charge in [-0.1, -0.05) is 30.3 Å². The Hall–Kier alpha value is -3.36. The third-order valence-corrected chi connectivity index (χ3v) is 5.53. The van der Waals surface area contributed by atoms with Crippen LogP contribution in [0.4, 0.5) is 5.69 Å².